The van der Waals surface area contributed by atoms with Gasteiger partial charge >= 0.3 is 5.97 Å². The summed E-state index contributed by atoms with van der Waals surface area (Å²) in [5, 5.41) is 0. The summed E-state index contributed by atoms with van der Waals surface area (Å²) in [5.41, 5.74) is 1.63. The van der Waals surface area contributed by atoms with E-state index in [9.17, 15) is 4.79 Å². The minimum Gasteiger partial charge on any atom is -0.465 e. The predicted octanol–water partition coefficient (Wildman–Crippen LogP) is 12.3. The van der Waals surface area contributed by atoms with Crippen LogP contribution < -0.4 is 0 Å². The lowest BCUT2D eigenvalue weighted by Crippen LogP contribution is -2.26. The number of aryl methyl sites for hydroxylation is 1. The van der Waals surface area contributed by atoms with Crippen LogP contribution in [0.25, 0.3) is 0 Å². The molecule has 1 aromatic rings. The SMILES string of the molecule is CCC(C)(C)CCc1ccccc1.CCCCCCCCCCCCCCCCCCOC(=O)C(C)(C)CC. The van der Waals surface area contributed by atoms with Gasteiger partial charge in [-0.25, -0.2) is 0 Å². The summed E-state index contributed by atoms with van der Waals surface area (Å²) in [7, 11) is 0. The molecule has 0 fully saturated rings. The first-order chi connectivity index (χ1) is 18.7. The lowest BCUT2D eigenvalue weighted by atomic mass is 9.84. The van der Waals surface area contributed by atoms with E-state index < -0.39 is 0 Å². The Morgan fingerprint density at radius 1 is 0.615 bits per heavy atom. The van der Waals surface area contributed by atoms with Crippen LogP contribution in [0.1, 0.15) is 176 Å². The van der Waals surface area contributed by atoms with Gasteiger partial charge in [0, 0.05) is 0 Å². The molecule has 39 heavy (non-hydrogen) atoms. The molecule has 0 aromatic heterocycles. The molecule has 2 nitrogen and oxygen atoms in total. The van der Waals surface area contributed by atoms with Crippen LogP contribution in [0.15, 0.2) is 30.3 Å². The number of carbonyl (C=O) groups is 1. The Morgan fingerprint density at radius 3 is 1.46 bits per heavy atom. The van der Waals surface area contributed by atoms with Gasteiger partial charge in [0.1, 0.15) is 0 Å². The molecule has 0 aliphatic carbocycles. The van der Waals surface area contributed by atoms with E-state index in [1.807, 2.05) is 20.8 Å². The smallest absolute Gasteiger partial charge is 0.311 e. The van der Waals surface area contributed by atoms with Crippen molar-refractivity contribution in [3.8, 4) is 0 Å². The Morgan fingerprint density at radius 2 is 1.05 bits per heavy atom. The van der Waals surface area contributed by atoms with Crippen molar-refractivity contribution in [2.75, 3.05) is 6.61 Å². The van der Waals surface area contributed by atoms with Gasteiger partial charge in [-0.2, -0.15) is 0 Å². The molecular formula is C37H68O2. The Balaban J connectivity index is 0.000000921. The van der Waals surface area contributed by atoms with Crippen molar-refractivity contribution < 1.29 is 9.53 Å². The number of esters is 1. The maximum absolute atomic E-state index is 11.8. The van der Waals surface area contributed by atoms with E-state index in [1.165, 1.54) is 121 Å². The van der Waals surface area contributed by atoms with E-state index >= 15 is 0 Å². The van der Waals surface area contributed by atoms with Crippen LogP contribution in [0, 0.1) is 10.8 Å². The molecule has 0 radical (unpaired) electrons. The molecule has 1 aromatic carbocycles. The minimum atomic E-state index is -0.324. The fourth-order valence-corrected chi connectivity index (χ4v) is 4.46. The third kappa shape index (κ3) is 23.1. The van der Waals surface area contributed by atoms with Gasteiger partial charge in [-0.05, 0) is 50.5 Å². The van der Waals surface area contributed by atoms with Crippen molar-refractivity contribution in [3.63, 3.8) is 0 Å². The van der Waals surface area contributed by atoms with E-state index in [0.717, 1.165) is 12.8 Å². The molecule has 0 saturated carbocycles. The lowest BCUT2D eigenvalue weighted by Gasteiger charge is -2.22. The molecule has 0 aliphatic rings. The summed E-state index contributed by atoms with van der Waals surface area (Å²) in [5.74, 6) is -0.0408. The number of ether oxygens (including phenoxy) is 1. The first kappa shape index (κ1) is 37.7. The van der Waals surface area contributed by atoms with Crippen molar-refractivity contribution in [1.82, 2.24) is 0 Å². The van der Waals surface area contributed by atoms with Gasteiger partial charge in [0.05, 0.1) is 12.0 Å². The minimum absolute atomic E-state index is 0.0408. The Bertz CT molecular complexity index is 661. The molecule has 0 spiro atoms. The van der Waals surface area contributed by atoms with Gasteiger partial charge in [0.25, 0.3) is 0 Å². The monoisotopic (exact) mass is 545 g/mol. The maximum atomic E-state index is 11.8. The molecule has 0 amide bonds. The van der Waals surface area contributed by atoms with Gasteiger partial charge in [-0.15, -0.1) is 0 Å². The van der Waals surface area contributed by atoms with Gasteiger partial charge in [-0.1, -0.05) is 168 Å². The Labute approximate surface area is 245 Å². The molecule has 0 heterocycles. The van der Waals surface area contributed by atoms with Crippen molar-refractivity contribution in [1.29, 1.82) is 0 Å². The Kier molecular flexibility index (Phi) is 23.7. The highest BCUT2D eigenvalue weighted by molar-refractivity contribution is 5.75. The molecule has 0 unspecified atom stereocenters. The fraction of sp³-hybridized carbons (Fsp3) is 0.811. The number of carbonyl (C=O) groups excluding carboxylic acids is 1. The second kappa shape index (κ2) is 24.5. The van der Waals surface area contributed by atoms with Gasteiger partial charge in [0.2, 0.25) is 0 Å². The fourth-order valence-electron chi connectivity index (χ4n) is 4.46. The highest BCUT2D eigenvalue weighted by atomic mass is 16.5. The van der Waals surface area contributed by atoms with E-state index in [1.54, 1.807) is 0 Å². The average Bonchev–Trinajstić information content (AvgIpc) is 2.94. The summed E-state index contributed by atoms with van der Waals surface area (Å²) >= 11 is 0. The quantitative estimate of drug-likeness (QED) is 0.101. The number of hydrogen-bond donors (Lipinski definition) is 0. The Hall–Kier alpha value is -1.31. The van der Waals surface area contributed by atoms with Crippen LogP contribution in [0.2, 0.25) is 0 Å². The molecule has 0 aliphatic heterocycles. The van der Waals surface area contributed by atoms with E-state index in [4.69, 9.17) is 4.74 Å². The second-order valence-corrected chi connectivity index (χ2v) is 13.2. The first-order valence-corrected chi connectivity index (χ1v) is 16.9. The third-order valence-corrected chi connectivity index (χ3v) is 8.56. The third-order valence-electron chi connectivity index (χ3n) is 8.56. The van der Waals surface area contributed by atoms with Crippen LogP contribution in [-0.4, -0.2) is 12.6 Å². The zero-order valence-corrected chi connectivity index (χ0v) is 27.6. The van der Waals surface area contributed by atoms with Crippen molar-refractivity contribution in [2.45, 2.75) is 177 Å². The molecule has 2 heteroatoms. The zero-order valence-electron chi connectivity index (χ0n) is 27.6. The molecule has 0 atom stereocenters. The topological polar surface area (TPSA) is 26.3 Å². The number of benzene rings is 1. The molecule has 0 bridgehead atoms. The summed E-state index contributed by atoms with van der Waals surface area (Å²) < 4.78 is 5.38. The standard InChI is InChI=1S/C24H48O2.C13H20/c1-5-7-8-9-10-11-12-13-14-15-16-17-18-19-20-21-22-26-23(25)24(3,4)6-2;1-4-13(2,3)11-10-12-8-6-5-7-9-12/h5-22H2,1-4H3;5-9H,4,10-11H2,1-3H3. The van der Waals surface area contributed by atoms with Crippen LogP contribution in [-0.2, 0) is 16.0 Å². The highest BCUT2D eigenvalue weighted by Crippen LogP contribution is 2.26. The number of unbranched alkanes of at least 4 members (excludes halogenated alkanes) is 15. The van der Waals surface area contributed by atoms with Gasteiger partial charge in [-0.3, -0.25) is 4.79 Å². The summed E-state index contributed by atoms with van der Waals surface area (Å²) in [6.45, 7) is 15.8. The molecule has 228 valence electrons. The highest BCUT2D eigenvalue weighted by Gasteiger charge is 2.26. The van der Waals surface area contributed by atoms with Crippen LogP contribution in [0.3, 0.4) is 0 Å². The number of hydrogen-bond acceptors (Lipinski definition) is 2. The summed E-state index contributed by atoms with van der Waals surface area (Å²) in [6.07, 6.45) is 26.5. The predicted molar refractivity (Wildman–Crippen MR) is 173 cm³/mol. The molecule has 0 N–H and O–H groups in total. The summed E-state index contributed by atoms with van der Waals surface area (Å²) in [6, 6.07) is 10.7. The van der Waals surface area contributed by atoms with E-state index in [2.05, 4.69) is 58.0 Å². The maximum Gasteiger partial charge on any atom is 0.311 e. The lowest BCUT2D eigenvalue weighted by molar-refractivity contribution is -0.154. The van der Waals surface area contributed by atoms with E-state index in [0.29, 0.717) is 12.0 Å². The van der Waals surface area contributed by atoms with Crippen LogP contribution in [0.4, 0.5) is 0 Å². The molecular weight excluding hydrogens is 476 g/mol. The normalized spacial score (nSPS) is 11.7. The van der Waals surface area contributed by atoms with Crippen molar-refractivity contribution in [2.24, 2.45) is 10.8 Å². The van der Waals surface area contributed by atoms with Crippen molar-refractivity contribution >= 4 is 5.97 Å². The van der Waals surface area contributed by atoms with Crippen LogP contribution in [0.5, 0.6) is 0 Å². The number of rotatable bonds is 23. The first-order valence-electron chi connectivity index (χ1n) is 16.9. The van der Waals surface area contributed by atoms with Gasteiger partial charge in [0.15, 0.2) is 0 Å². The largest absolute Gasteiger partial charge is 0.465 e. The molecule has 0 saturated heterocycles. The van der Waals surface area contributed by atoms with Gasteiger partial charge < -0.3 is 4.74 Å². The molecule has 1 rings (SSSR count). The van der Waals surface area contributed by atoms with Crippen LogP contribution >= 0.6 is 0 Å². The average molecular weight is 545 g/mol. The van der Waals surface area contributed by atoms with Crippen molar-refractivity contribution in [3.05, 3.63) is 35.9 Å². The zero-order chi connectivity index (χ0) is 29.2. The van der Waals surface area contributed by atoms with E-state index in [-0.39, 0.29) is 11.4 Å². The second-order valence-electron chi connectivity index (χ2n) is 13.2. The summed E-state index contributed by atoms with van der Waals surface area (Å²) in [4.78, 5) is 11.8.